The number of para-hydroxylation sites is 2. The van der Waals surface area contributed by atoms with E-state index in [0.29, 0.717) is 0 Å². The molecule has 0 aliphatic heterocycles. The van der Waals surface area contributed by atoms with Crippen LogP contribution in [0, 0.1) is 0 Å². The molecule has 1 aliphatic rings. The van der Waals surface area contributed by atoms with Crippen LogP contribution in [0.3, 0.4) is 0 Å². The van der Waals surface area contributed by atoms with Crippen molar-refractivity contribution in [1.82, 2.24) is 19.1 Å². The van der Waals surface area contributed by atoms with Gasteiger partial charge in [-0.3, -0.25) is 9.55 Å². The van der Waals surface area contributed by atoms with Gasteiger partial charge < -0.3 is 4.57 Å². The van der Waals surface area contributed by atoms with E-state index in [1.54, 1.807) is 0 Å². The Morgan fingerprint density at radius 2 is 1.10 bits per heavy atom. The molecule has 0 unspecified atom stereocenters. The number of benzene rings is 7. The third-order valence-electron chi connectivity index (χ3n) is 11.1. The second-order valence-corrected chi connectivity index (χ2v) is 13.9. The topological polar surface area (TPSA) is 35.6 Å². The summed E-state index contributed by atoms with van der Waals surface area (Å²) in [4.78, 5) is 9.87. The van der Waals surface area contributed by atoms with Crippen LogP contribution in [0.2, 0.25) is 0 Å². The van der Waals surface area contributed by atoms with Crippen LogP contribution in [0.4, 0.5) is 0 Å². The Balaban J connectivity index is 1.11. The second kappa shape index (κ2) is 10.3. The first-order valence-electron chi connectivity index (χ1n) is 17.7. The van der Waals surface area contributed by atoms with E-state index in [1.165, 1.54) is 82.2 Å². The number of aromatic nitrogens is 4. The van der Waals surface area contributed by atoms with E-state index < -0.39 is 0 Å². The molecule has 1 aliphatic carbocycles. The first-order chi connectivity index (χ1) is 25.8. The van der Waals surface area contributed by atoms with Crippen molar-refractivity contribution in [2.24, 2.45) is 0 Å². The fourth-order valence-electron chi connectivity index (χ4n) is 8.81. The summed E-state index contributed by atoms with van der Waals surface area (Å²) in [6.07, 6.45) is 3.88. The van der Waals surface area contributed by atoms with E-state index in [-0.39, 0.29) is 0 Å². The highest BCUT2D eigenvalue weighted by atomic mass is 15.1. The van der Waals surface area contributed by atoms with E-state index in [4.69, 9.17) is 4.98 Å². The van der Waals surface area contributed by atoms with Crippen molar-refractivity contribution in [3.8, 4) is 44.9 Å². The summed E-state index contributed by atoms with van der Waals surface area (Å²) in [6.45, 7) is 0. The molecule has 0 amide bonds. The van der Waals surface area contributed by atoms with Gasteiger partial charge in [-0.05, 0) is 111 Å². The standard InChI is InChI=1S/C48H28N4/c1-2-11-33(12-3-1)51-43-16-7-6-13-35(43)37-24-31(17-19-44(37)51)32-18-20-45-38(25-32)39-23-29-9-4-5-10-30(29)26-46(39)52(45)47-27-40-41-28-49-22-21-34(41)36-14-8-15-42(50-47)48(36)40/h1-28H. The lowest BCUT2D eigenvalue weighted by Crippen LogP contribution is -1.98. The lowest BCUT2D eigenvalue weighted by atomic mass is 10.00. The van der Waals surface area contributed by atoms with Crippen LogP contribution in [0.1, 0.15) is 0 Å². The number of pyridine rings is 2. The second-order valence-electron chi connectivity index (χ2n) is 13.9. The quantitative estimate of drug-likeness (QED) is 0.189. The number of hydrogen-bond acceptors (Lipinski definition) is 2. The summed E-state index contributed by atoms with van der Waals surface area (Å²) < 4.78 is 4.73. The summed E-state index contributed by atoms with van der Waals surface area (Å²) in [5.74, 6) is 0.912. The molecule has 52 heavy (non-hydrogen) atoms. The van der Waals surface area contributed by atoms with Crippen LogP contribution >= 0.6 is 0 Å². The molecule has 7 aromatic carbocycles. The lowest BCUT2D eigenvalue weighted by Gasteiger charge is -2.11. The van der Waals surface area contributed by atoms with Crippen molar-refractivity contribution in [2.45, 2.75) is 0 Å². The minimum absolute atomic E-state index is 0.912. The molecule has 4 nitrogen and oxygen atoms in total. The van der Waals surface area contributed by atoms with Gasteiger partial charge in [0.25, 0.3) is 0 Å². The van der Waals surface area contributed by atoms with Crippen molar-refractivity contribution in [2.75, 3.05) is 0 Å². The molecule has 0 N–H and O–H groups in total. The van der Waals surface area contributed by atoms with E-state index in [9.17, 15) is 0 Å². The number of hydrogen-bond donors (Lipinski definition) is 0. The van der Waals surface area contributed by atoms with Crippen LogP contribution in [-0.2, 0) is 0 Å². The maximum absolute atomic E-state index is 5.35. The molecule has 0 bridgehead atoms. The maximum atomic E-state index is 5.35. The third-order valence-corrected chi connectivity index (χ3v) is 11.1. The van der Waals surface area contributed by atoms with Crippen molar-refractivity contribution < 1.29 is 0 Å². The molecular weight excluding hydrogens is 633 g/mol. The van der Waals surface area contributed by atoms with Crippen molar-refractivity contribution >= 4 is 65.3 Å². The van der Waals surface area contributed by atoms with Crippen LogP contribution < -0.4 is 0 Å². The van der Waals surface area contributed by atoms with Gasteiger partial charge in [0.05, 0.1) is 27.6 Å². The highest BCUT2D eigenvalue weighted by Crippen LogP contribution is 2.47. The smallest absolute Gasteiger partial charge is 0.138 e. The minimum Gasteiger partial charge on any atom is -0.309 e. The third kappa shape index (κ3) is 3.75. The maximum Gasteiger partial charge on any atom is 0.138 e. The molecule has 4 aromatic heterocycles. The minimum atomic E-state index is 0.912. The van der Waals surface area contributed by atoms with Gasteiger partial charge in [0.15, 0.2) is 0 Å². The SMILES string of the molecule is c1ccc(-n2c3ccccc3c3cc(-c4ccc5c(c4)c4cc6ccccc6cc4n5-c4cc5c6c(cccc6n4)-c4ccncc4-5)ccc32)cc1. The van der Waals surface area contributed by atoms with Gasteiger partial charge in [-0.1, -0.05) is 84.9 Å². The summed E-state index contributed by atoms with van der Waals surface area (Å²) in [7, 11) is 0. The lowest BCUT2D eigenvalue weighted by molar-refractivity contribution is 1.10. The monoisotopic (exact) mass is 660 g/mol. The van der Waals surface area contributed by atoms with Crippen LogP contribution in [-0.4, -0.2) is 19.1 Å². The van der Waals surface area contributed by atoms with Crippen molar-refractivity contribution in [3.63, 3.8) is 0 Å². The Hall–Kier alpha value is -7.04. The molecule has 11 aromatic rings. The summed E-state index contributed by atoms with van der Waals surface area (Å²) in [6, 6.07) is 57.4. The van der Waals surface area contributed by atoms with Gasteiger partial charge in [-0.15, -0.1) is 0 Å². The molecule has 0 atom stereocenters. The Morgan fingerprint density at radius 3 is 1.94 bits per heavy atom. The first-order valence-corrected chi connectivity index (χ1v) is 17.7. The molecule has 4 heterocycles. The van der Waals surface area contributed by atoms with Crippen LogP contribution in [0.25, 0.3) is 110 Å². The fourth-order valence-corrected chi connectivity index (χ4v) is 8.81. The van der Waals surface area contributed by atoms with Gasteiger partial charge in [-0.25, -0.2) is 4.98 Å². The van der Waals surface area contributed by atoms with Crippen molar-refractivity contribution in [3.05, 3.63) is 170 Å². The van der Waals surface area contributed by atoms with Crippen LogP contribution in [0.5, 0.6) is 0 Å². The zero-order valence-electron chi connectivity index (χ0n) is 28.0. The molecule has 4 heteroatoms. The Morgan fingerprint density at radius 1 is 0.404 bits per heavy atom. The largest absolute Gasteiger partial charge is 0.309 e. The fraction of sp³-hybridized carbons (Fsp3) is 0. The summed E-state index contributed by atoms with van der Waals surface area (Å²) in [5, 5.41) is 8.56. The summed E-state index contributed by atoms with van der Waals surface area (Å²) in [5.41, 5.74) is 14.0. The summed E-state index contributed by atoms with van der Waals surface area (Å²) >= 11 is 0. The molecule has 0 spiro atoms. The van der Waals surface area contributed by atoms with E-state index in [2.05, 4.69) is 172 Å². The number of rotatable bonds is 3. The van der Waals surface area contributed by atoms with Gasteiger partial charge in [0, 0.05) is 50.6 Å². The predicted octanol–water partition coefficient (Wildman–Crippen LogP) is 12.3. The Labute approximate surface area is 298 Å². The average Bonchev–Trinajstić information content (AvgIpc) is 3.83. The highest BCUT2D eigenvalue weighted by Gasteiger charge is 2.24. The Kier molecular flexibility index (Phi) is 5.47. The molecule has 240 valence electrons. The zero-order chi connectivity index (χ0) is 33.9. The van der Waals surface area contributed by atoms with Gasteiger partial charge in [0.2, 0.25) is 0 Å². The van der Waals surface area contributed by atoms with E-state index in [0.717, 1.165) is 27.9 Å². The molecule has 0 saturated carbocycles. The van der Waals surface area contributed by atoms with Gasteiger partial charge in [0.1, 0.15) is 5.82 Å². The van der Waals surface area contributed by atoms with Gasteiger partial charge >= 0.3 is 0 Å². The zero-order valence-corrected chi connectivity index (χ0v) is 28.0. The molecule has 0 saturated heterocycles. The Bertz CT molecular complexity index is 3290. The average molecular weight is 661 g/mol. The number of nitrogens with zero attached hydrogens (tertiary/aromatic N) is 4. The predicted molar refractivity (Wildman–Crippen MR) is 216 cm³/mol. The molecular formula is C48H28N4. The van der Waals surface area contributed by atoms with E-state index in [1.807, 2.05) is 12.4 Å². The highest BCUT2D eigenvalue weighted by molar-refractivity contribution is 6.17. The molecule has 12 rings (SSSR count). The number of fused-ring (bicyclic) bond motifs is 10. The van der Waals surface area contributed by atoms with E-state index >= 15 is 0 Å². The van der Waals surface area contributed by atoms with Crippen molar-refractivity contribution in [1.29, 1.82) is 0 Å². The van der Waals surface area contributed by atoms with Crippen LogP contribution in [0.15, 0.2) is 170 Å². The van der Waals surface area contributed by atoms with Gasteiger partial charge in [-0.2, -0.15) is 0 Å². The molecule has 0 radical (unpaired) electrons. The molecule has 0 fully saturated rings. The first kappa shape index (κ1) is 27.7. The normalized spacial score (nSPS) is 12.2.